The Kier molecular flexibility index (Phi) is 8.08. The van der Waals surface area contributed by atoms with Crippen LogP contribution in [0.2, 0.25) is 5.02 Å². The van der Waals surface area contributed by atoms with Gasteiger partial charge in [-0.2, -0.15) is 0 Å². The second-order valence-corrected chi connectivity index (χ2v) is 9.90. The zero-order chi connectivity index (χ0) is 29.1. The molecule has 41 heavy (non-hydrogen) atoms. The van der Waals surface area contributed by atoms with Gasteiger partial charge in [0.05, 0.1) is 17.5 Å². The number of nitrogens with one attached hydrogen (secondary N) is 1. The van der Waals surface area contributed by atoms with E-state index in [0.29, 0.717) is 21.7 Å². The molecule has 4 nitrogen and oxygen atoms in total. The number of nitrogens with zero attached hydrogens (tertiary/aromatic N) is 1. The molecule has 0 bridgehead atoms. The van der Waals surface area contributed by atoms with E-state index in [4.69, 9.17) is 11.6 Å². The van der Waals surface area contributed by atoms with Gasteiger partial charge in [-0.1, -0.05) is 66.2 Å². The van der Waals surface area contributed by atoms with E-state index in [1.165, 1.54) is 30.3 Å². The summed E-state index contributed by atoms with van der Waals surface area (Å²) in [7, 11) is 0. The van der Waals surface area contributed by atoms with Crippen molar-refractivity contribution in [3.8, 4) is 16.9 Å². The van der Waals surface area contributed by atoms with Crippen LogP contribution >= 0.6 is 11.6 Å². The van der Waals surface area contributed by atoms with Gasteiger partial charge in [0.1, 0.15) is 17.4 Å². The molecule has 4 aromatic carbocycles. The molecule has 1 aliphatic heterocycles. The molecule has 0 radical (unpaired) electrons. The van der Waals surface area contributed by atoms with Crippen molar-refractivity contribution in [2.75, 3.05) is 0 Å². The standard InChI is InChI=1S/C31H22ClF5N2O2/c32-22-12-4-18(5-13-22)17-38-30(40)24-16-27(28-25(33)2-1-3-26(28)34)39-29(24)21-8-6-19(7-9-21)20-10-14-23(15-11-20)41-31(35,36)37/h1-15,24,29H,16-17H2,(H,38,40). The fourth-order valence-electron chi connectivity index (χ4n) is 4.76. The van der Waals surface area contributed by atoms with Crippen molar-refractivity contribution in [3.05, 3.63) is 124 Å². The highest BCUT2D eigenvalue weighted by Gasteiger charge is 2.37. The van der Waals surface area contributed by atoms with Crippen LogP contribution in [-0.2, 0) is 11.3 Å². The Morgan fingerprint density at radius 2 is 1.46 bits per heavy atom. The van der Waals surface area contributed by atoms with E-state index < -0.39 is 30.0 Å². The average Bonchev–Trinajstić information content (AvgIpc) is 3.37. The highest BCUT2D eigenvalue weighted by atomic mass is 35.5. The van der Waals surface area contributed by atoms with Crippen LogP contribution in [-0.4, -0.2) is 18.0 Å². The molecule has 4 aromatic rings. The van der Waals surface area contributed by atoms with Crippen LogP contribution in [0.25, 0.3) is 11.1 Å². The topological polar surface area (TPSA) is 50.7 Å². The van der Waals surface area contributed by atoms with Crippen LogP contribution in [0.5, 0.6) is 5.75 Å². The number of hydrogen-bond acceptors (Lipinski definition) is 3. The van der Waals surface area contributed by atoms with Gasteiger partial charge in [-0.3, -0.25) is 9.79 Å². The molecule has 1 N–H and O–H groups in total. The molecular weight excluding hydrogens is 563 g/mol. The molecule has 1 amide bonds. The van der Waals surface area contributed by atoms with E-state index in [1.54, 1.807) is 48.5 Å². The van der Waals surface area contributed by atoms with E-state index >= 15 is 0 Å². The normalized spacial score (nSPS) is 16.8. The Bertz CT molecular complexity index is 1550. The first-order valence-electron chi connectivity index (χ1n) is 12.6. The van der Waals surface area contributed by atoms with Crippen LogP contribution in [0.3, 0.4) is 0 Å². The Hall–Kier alpha value is -4.24. The maximum Gasteiger partial charge on any atom is 0.573 e. The van der Waals surface area contributed by atoms with Gasteiger partial charge in [-0.15, -0.1) is 13.2 Å². The van der Waals surface area contributed by atoms with E-state index in [-0.39, 0.29) is 35.9 Å². The summed E-state index contributed by atoms with van der Waals surface area (Å²) in [5.41, 5.74) is 2.72. The third-order valence-electron chi connectivity index (χ3n) is 6.73. The summed E-state index contributed by atoms with van der Waals surface area (Å²) >= 11 is 5.93. The van der Waals surface area contributed by atoms with Crippen LogP contribution < -0.4 is 10.1 Å². The van der Waals surface area contributed by atoms with E-state index in [2.05, 4.69) is 15.0 Å². The number of aliphatic imine (C=N–C) groups is 1. The lowest BCUT2D eigenvalue weighted by Crippen LogP contribution is -2.32. The quantitative estimate of drug-likeness (QED) is 0.223. The zero-order valence-corrected chi connectivity index (χ0v) is 22.0. The Morgan fingerprint density at radius 1 is 0.878 bits per heavy atom. The third-order valence-corrected chi connectivity index (χ3v) is 6.98. The number of rotatable bonds is 7. The molecule has 0 saturated heterocycles. The second-order valence-electron chi connectivity index (χ2n) is 9.47. The molecule has 210 valence electrons. The predicted octanol–water partition coefficient (Wildman–Crippen LogP) is 8.05. The largest absolute Gasteiger partial charge is 0.573 e. The first kappa shape index (κ1) is 28.3. The lowest BCUT2D eigenvalue weighted by molar-refractivity contribution is -0.274. The SMILES string of the molecule is O=C(NCc1ccc(Cl)cc1)C1CC(c2c(F)cccc2F)=NC1c1ccc(-c2ccc(OC(F)(F)F)cc2)cc1. The molecule has 0 fully saturated rings. The highest BCUT2D eigenvalue weighted by molar-refractivity contribution is 6.30. The molecule has 0 aliphatic carbocycles. The van der Waals surface area contributed by atoms with Gasteiger partial charge in [0.2, 0.25) is 5.91 Å². The number of benzene rings is 4. The molecule has 2 atom stereocenters. The smallest absolute Gasteiger partial charge is 0.406 e. The minimum absolute atomic E-state index is 0.0252. The van der Waals surface area contributed by atoms with Gasteiger partial charge in [0.15, 0.2) is 0 Å². The predicted molar refractivity (Wildman–Crippen MR) is 146 cm³/mol. The Labute approximate surface area is 237 Å². The number of amides is 1. The Morgan fingerprint density at radius 3 is 2.05 bits per heavy atom. The van der Waals surface area contributed by atoms with Gasteiger partial charge < -0.3 is 10.1 Å². The summed E-state index contributed by atoms with van der Waals surface area (Å²) in [6.07, 6.45) is -4.76. The van der Waals surface area contributed by atoms with Crippen LogP contribution in [0.1, 0.15) is 29.2 Å². The summed E-state index contributed by atoms with van der Waals surface area (Å²) in [6, 6.07) is 22.2. The summed E-state index contributed by atoms with van der Waals surface area (Å²) < 4.78 is 70.6. The summed E-state index contributed by atoms with van der Waals surface area (Å²) in [5, 5.41) is 3.45. The molecule has 10 heteroatoms. The van der Waals surface area contributed by atoms with Crippen molar-refractivity contribution in [2.45, 2.75) is 25.4 Å². The van der Waals surface area contributed by atoms with E-state index in [1.807, 2.05) is 0 Å². The minimum Gasteiger partial charge on any atom is -0.406 e. The third kappa shape index (κ3) is 6.74. The van der Waals surface area contributed by atoms with E-state index in [9.17, 15) is 26.7 Å². The van der Waals surface area contributed by atoms with Crippen molar-refractivity contribution in [1.82, 2.24) is 5.32 Å². The first-order chi connectivity index (χ1) is 19.6. The van der Waals surface area contributed by atoms with E-state index in [0.717, 1.165) is 17.7 Å². The van der Waals surface area contributed by atoms with Crippen molar-refractivity contribution in [3.63, 3.8) is 0 Å². The maximum absolute atomic E-state index is 14.6. The lowest BCUT2D eigenvalue weighted by Gasteiger charge is -2.18. The van der Waals surface area contributed by atoms with Crippen molar-refractivity contribution < 1.29 is 31.5 Å². The zero-order valence-electron chi connectivity index (χ0n) is 21.3. The number of carbonyl (C=O) groups is 1. The number of carbonyl (C=O) groups excluding carboxylic acids is 1. The first-order valence-corrected chi connectivity index (χ1v) is 12.9. The summed E-state index contributed by atoms with van der Waals surface area (Å²) in [6.45, 7) is 0.232. The highest BCUT2D eigenvalue weighted by Crippen LogP contribution is 2.38. The lowest BCUT2D eigenvalue weighted by atomic mass is 9.89. The van der Waals surface area contributed by atoms with Gasteiger partial charge in [-0.25, -0.2) is 8.78 Å². The minimum atomic E-state index is -4.78. The molecular formula is C31H22ClF5N2O2. The fraction of sp³-hybridized carbons (Fsp3) is 0.161. The number of ether oxygens (including phenoxy) is 1. The van der Waals surface area contributed by atoms with Crippen LogP contribution in [0, 0.1) is 17.6 Å². The molecule has 2 unspecified atom stereocenters. The molecule has 0 aromatic heterocycles. The average molecular weight is 585 g/mol. The number of hydrogen-bond donors (Lipinski definition) is 1. The van der Waals surface area contributed by atoms with Gasteiger partial charge >= 0.3 is 6.36 Å². The van der Waals surface area contributed by atoms with Gasteiger partial charge in [0, 0.05) is 23.7 Å². The Balaban J connectivity index is 1.40. The van der Waals surface area contributed by atoms with Crippen molar-refractivity contribution in [2.24, 2.45) is 10.9 Å². The van der Waals surface area contributed by atoms with Gasteiger partial charge in [-0.05, 0) is 58.7 Å². The van der Waals surface area contributed by atoms with Gasteiger partial charge in [0.25, 0.3) is 0 Å². The molecule has 1 aliphatic rings. The summed E-state index contributed by atoms with van der Waals surface area (Å²) in [4.78, 5) is 17.9. The molecule has 0 spiro atoms. The van der Waals surface area contributed by atoms with Crippen LogP contribution in [0.4, 0.5) is 22.0 Å². The monoisotopic (exact) mass is 584 g/mol. The van der Waals surface area contributed by atoms with Crippen molar-refractivity contribution >= 4 is 23.2 Å². The van der Waals surface area contributed by atoms with Crippen LogP contribution in [0.15, 0.2) is 96.0 Å². The maximum atomic E-state index is 14.6. The number of halogens is 6. The second kappa shape index (κ2) is 11.7. The summed E-state index contributed by atoms with van der Waals surface area (Å²) in [5.74, 6) is -2.93. The molecule has 1 heterocycles. The molecule has 0 saturated carbocycles. The fourth-order valence-corrected chi connectivity index (χ4v) is 4.88. The number of alkyl halides is 3. The molecule has 5 rings (SSSR count). The van der Waals surface area contributed by atoms with Crippen molar-refractivity contribution in [1.29, 1.82) is 0 Å².